The number of ether oxygens (including phenoxy) is 2. The third kappa shape index (κ3) is 9.58. The van der Waals surface area contributed by atoms with Gasteiger partial charge in [-0.05, 0) is 98.4 Å². The van der Waals surface area contributed by atoms with E-state index in [0.29, 0.717) is 13.1 Å². The van der Waals surface area contributed by atoms with Crippen LogP contribution in [-0.2, 0) is 14.3 Å². The molecule has 1 aromatic heterocycles. The second-order valence-corrected chi connectivity index (χ2v) is 16.1. The van der Waals surface area contributed by atoms with E-state index < -0.39 is 18.1 Å². The molecule has 3 heterocycles. The van der Waals surface area contributed by atoms with E-state index in [-0.39, 0.29) is 30.0 Å². The predicted molar refractivity (Wildman–Crippen MR) is 218 cm³/mol. The highest BCUT2D eigenvalue weighted by atomic mass is 16.6. The minimum Gasteiger partial charge on any atom is -0.444 e. The molecule has 2 fully saturated rings. The summed E-state index contributed by atoms with van der Waals surface area (Å²) in [7, 11) is 1.40. The summed E-state index contributed by atoms with van der Waals surface area (Å²) in [6.07, 6.45) is 7.14. The van der Waals surface area contributed by atoms with Crippen LogP contribution >= 0.6 is 0 Å². The first-order valence-electron chi connectivity index (χ1n) is 19.8. The van der Waals surface area contributed by atoms with Crippen LogP contribution in [0.3, 0.4) is 0 Å². The van der Waals surface area contributed by atoms with Crippen LogP contribution in [0.4, 0.5) is 4.79 Å². The van der Waals surface area contributed by atoms with Gasteiger partial charge in [0, 0.05) is 38.0 Å². The van der Waals surface area contributed by atoms with E-state index in [2.05, 4.69) is 89.3 Å². The molecule has 0 aliphatic carbocycles. The molecule has 2 aliphatic heterocycles. The van der Waals surface area contributed by atoms with Crippen molar-refractivity contribution >= 4 is 28.5 Å². The first-order valence-corrected chi connectivity index (χ1v) is 19.8. The average molecular weight is 751 g/mol. The van der Waals surface area contributed by atoms with Crippen LogP contribution < -0.4 is 10.6 Å². The number of benzene rings is 3. The third-order valence-corrected chi connectivity index (χ3v) is 10.5. The zero-order valence-corrected chi connectivity index (χ0v) is 33.4. The van der Waals surface area contributed by atoms with E-state index in [1.165, 1.54) is 7.11 Å². The molecule has 4 atom stereocenters. The third-order valence-electron chi connectivity index (χ3n) is 10.5. The molecular formula is C44H58N6O5. The molecule has 4 aromatic rings. The number of allylic oxidation sites excluding steroid dienone is 1. The van der Waals surface area contributed by atoms with E-state index in [1.54, 1.807) is 0 Å². The molecule has 294 valence electrons. The van der Waals surface area contributed by atoms with Gasteiger partial charge in [0.05, 0.1) is 30.0 Å². The number of likely N-dealkylation sites (tertiary alicyclic amines) is 2. The van der Waals surface area contributed by atoms with Crippen LogP contribution in [0.1, 0.15) is 91.1 Å². The van der Waals surface area contributed by atoms with Gasteiger partial charge in [0.15, 0.2) is 0 Å². The molecule has 4 N–H and O–H groups in total. The number of imidazole rings is 1. The van der Waals surface area contributed by atoms with E-state index >= 15 is 0 Å². The first kappa shape index (κ1) is 40.0. The molecule has 55 heavy (non-hydrogen) atoms. The number of H-pyrrole nitrogens is 1. The number of nitrogens with zero attached hydrogens (tertiary/aromatic N) is 3. The van der Waals surface area contributed by atoms with Gasteiger partial charge < -0.3 is 34.7 Å². The lowest BCUT2D eigenvalue weighted by molar-refractivity contribution is -0.145. The number of rotatable bonds is 13. The van der Waals surface area contributed by atoms with Crippen LogP contribution in [0, 0.1) is 5.92 Å². The molecule has 1 unspecified atom stereocenters. The molecule has 2 aliphatic rings. The normalized spacial score (nSPS) is 19.0. The fourth-order valence-electron chi connectivity index (χ4n) is 7.68. The maximum atomic E-state index is 13.6. The van der Waals surface area contributed by atoms with E-state index in [4.69, 9.17) is 14.5 Å². The zero-order valence-electron chi connectivity index (χ0n) is 33.4. The SMILES string of the molecule is CC/C=C(\NC[C@@H]1CCCN1C(=O)OC(C)(C)C)c1ccc(-c2ccc3cc(-c4cnc([C@@H]5CCCN5C(=O)[C@@H](NC(O)OC)C(C)C)[nH]4)ccc3c2)cc1. The monoisotopic (exact) mass is 750 g/mol. The standard InChI is InChI=1S/C44H58N6O5/c1-8-11-36(45-26-35-12-9-22-49(35)43(53)55-44(4,5)6)30-16-14-29(15-17-30)31-18-19-33-25-34(21-20-32(33)24-31)37-27-46-40(47-37)38-13-10-23-50(38)41(51)39(28(2)3)48-42(52)54-7/h11,14-21,24-25,27-28,35,38-39,42,45,48,52H,8-10,12-13,22-23,26H2,1-7H3,(H,46,47)/b36-11-/t35-,38-,39-,42?/m0/s1. The fraction of sp³-hybridized carbons (Fsp3) is 0.477. The lowest BCUT2D eigenvalue weighted by atomic mass is 9.98. The molecule has 6 rings (SSSR count). The number of hydrogen-bond acceptors (Lipinski definition) is 8. The van der Waals surface area contributed by atoms with Crippen molar-refractivity contribution in [2.45, 2.75) is 104 Å². The Morgan fingerprint density at radius 2 is 1.62 bits per heavy atom. The average Bonchev–Trinajstić information content (AvgIpc) is 3.96. The Morgan fingerprint density at radius 1 is 0.964 bits per heavy atom. The maximum Gasteiger partial charge on any atom is 0.410 e. The molecule has 0 saturated carbocycles. The number of amides is 2. The summed E-state index contributed by atoms with van der Waals surface area (Å²) >= 11 is 0. The van der Waals surface area contributed by atoms with Crippen molar-refractivity contribution in [2.24, 2.45) is 5.92 Å². The van der Waals surface area contributed by atoms with Gasteiger partial charge in [-0.3, -0.25) is 10.1 Å². The number of aliphatic hydroxyl groups excluding tert-OH is 1. The largest absolute Gasteiger partial charge is 0.444 e. The molecule has 2 saturated heterocycles. The van der Waals surface area contributed by atoms with Gasteiger partial charge in [-0.15, -0.1) is 0 Å². The number of hydrogen-bond donors (Lipinski definition) is 4. The number of aromatic amines is 1. The van der Waals surface area contributed by atoms with Crippen molar-refractivity contribution in [2.75, 3.05) is 26.7 Å². The van der Waals surface area contributed by atoms with Gasteiger partial charge in [0.1, 0.15) is 11.4 Å². The lowest BCUT2D eigenvalue weighted by Gasteiger charge is -2.31. The topological polar surface area (TPSA) is 132 Å². The number of aromatic nitrogens is 2. The Kier molecular flexibility index (Phi) is 12.6. The van der Waals surface area contributed by atoms with Crippen molar-refractivity contribution in [3.05, 3.63) is 84.3 Å². The second-order valence-electron chi connectivity index (χ2n) is 16.1. The molecule has 2 amide bonds. The van der Waals surface area contributed by atoms with E-state index in [0.717, 1.165) is 88.9 Å². The molecular weight excluding hydrogens is 693 g/mol. The van der Waals surface area contributed by atoms with Crippen molar-refractivity contribution in [1.82, 2.24) is 30.4 Å². The molecule has 0 spiro atoms. The molecule has 11 heteroatoms. The number of carbonyl (C=O) groups excluding carboxylic acids is 2. The highest BCUT2D eigenvalue weighted by Crippen LogP contribution is 2.34. The van der Waals surface area contributed by atoms with Crippen LogP contribution in [-0.4, -0.2) is 87.7 Å². The number of nitrogens with one attached hydrogen (secondary N) is 3. The van der Waals surface area contributed by atoms with Gasteiger partial charge in [-0.2, -0.15) is 0 Å². The summed E-state index contributed by atoms with van der Waals surface area (Å²) in [4.78, 5) is 38.4. The van der Waals surface area contributed by atoms with Crippen LogP contribution in [0.15, 0.2) is 72.9 Å². The Bertz CT molecular complexity index is 1970. The minimum atomic E-state index is -1.21. The molecule has 11 nitrogen and oxygen atoms in total. The summed E-state index contributed by atoms with van der Waals surface area (Å²) in [5.41, 5.74) is 5.88. The molecule has 0 radical (unpaired) electrons. The van der Waals surface area contributed by atoms with Crippen molar-refractivity contribution in [3.8, 4) is 22.4 Å². The first-order chi connectivity index (χ1) is 26.3. The maximum absolute atomic E-state index is 13.6. The highest BCUT2D eigenvalue weighted by molar-refractivity contribution is 5.90. The Morgan fingerprint density at radius 3 is 2.29 bits per heavy atom. The molecule has 0 bridgehead atoms. The van der Waals surface area contributed by atoms with Gasteiger partial charge in [0.25, 0.3) is 0 Å². The summed E-state index contributed by atoms with van der Waals surface area (Å²) in [6.45, 7) is 13.8. The Labute approximate surface area is 325 Å². The van der Waals surface area contributed by atoms with Crippen LogP contribution in [0.25, 0.3) is 38.9 Å². The lowest BCUT2D eigenvalue weighted by Crippen LogP contribution is -2.52. The number of methoxy groups -OCH3 is 1. The fourth-order valence-corrected chi connectivity index (χ4v) is 7.68. The van der Waals surface area contributed by atoms with Gasteiger partial charge in [-0.1, -0.05) is 75.4 Å². The predicted octanol–water partition coefficient (Wildman–Crippen LogP) is 7.84. The van der Waals surface area contributed by atoms with Crippen LogP contribution in [0.2, 0.25) is 0 Å². The zero-order chi connectivity index (χ0) is 39.3. The van der Waals surface area contributed by atoms with E-state index in [9.17, 15) is 14.7 Å². The number of fused-ring (bicyclic) bond motifs is 1. The van der Waals surface area contributed by atoms with Gasteiger partial charge in [-0.25, -0.2) is 9.78 Å². The highest BCUT2D eigenvalue weighted by Gasteiger charge is 2.37. The minimum absolute atomic E-state index is 0.0331. The van der Waals surface area contributed by atoms with Crippen molar-refractivity contribution in [1.29, 1.82) is 0 Å². The van der Waals surface area contributed by atoms with Gasteiger partial charge in [0.2, 0.25) is 12.3 Å². The van der Waals surface area contributed by atoms with Crippen molar-refractivity contribution in [3.63, 3.8) is 0 Å². The second kappa shape index (κ2) is 17.4. The number of aliphatic hydroxyl groups is 1. The van der Waals surface area contributed by atoms with Crippen LogP contribution in [0.5, 0.6) is 0 Å². The quantitative estimate of drug-likeness (QED) is 0.102. The van der Waals surface area contributed by atoms with Crippen molar-refractivity contribution < 1.29 is 24.2 Å². The summed E-state index contributed by atoms with van der Waals surface area (Å²) < 4.78 is 10.6. The molecule has 3 aromatic carbocycles. The summed E-state index contributed by atoms with van der Waals surface area (Å²) in [6, 6.07) is 21.0. The smallest absolute Gasteiger partial charge is 0.410 e. The summed E-state index contributed by atoms with van der Waals surface area (Å²) in [5.74, 6) is 0.669. The van der Waals surface area contributed by atoms with Gasteiger partial charge >= 0.3 is 6.09 Å². The summed E-state index contributed by atoms with van der Waals surface area (Å²) in [5, 5.41) is 18.8. The Balaban J connectivity index is 1.12. The van der Waals surface area contributed by atoms with E-state index in [1.807, 2.05) is 50.6 Å². The Hall–Kier alpha value is -4.71. The number of carbonyl (C=O) groups is 2.